The van der Waals surface area contributed by atoms with Crippen molar-refractivity contribution in [1.82, 2.24) is 18.9 Å². The van der Waals surface area contributed by atoms with Crippen LogP contribution in [0.2, 0.25) is 5.02 Å². The second-order valence-electron chi connectivity index (χ2n) is 6.54. The molecule has 0 radical (unpaired) electrons. The minimum atomic E-state index is -3.66. The number of pyridine rings is 1. The van der Waals surface area contributed by atoms with Crippen molar-refractivity contribution in [2.24, 2.45) is 0 Å². The highest BCUT2D eigenvalue weighted by molar-refractivity contribution is 8.00. The Morgan fingerprint density at radius 1 is 1.26 bits per heavy atom. The molecule has 166 valence electrons. The summed E-state index contributed by atoms with van der Waals surface area (Å²) in [5.74, 6) is -0.877. The Morgan fingerprint density at radius 2 is 1.97 bits per heavy atom. The first kappa shape index (κ1) is 23.5. The van der Waals surface area contributed by atoms with Crippen LogP contribution in [0.1, 0.15) is 20.8 Å². The highest BCUT2D eigenvalue weighted by Crippen LogP contribution is 2.27. The zero-order valence-corrected chi connectivity index (χ0v) is 19.4. The van der Waals surface area contributed by atoms with Crippen molar-refractivity contribution >= 4 is 50.6 Å². The Bertz CT molecular complexity index is 1210. The average Bonchev–Trinajstić information content (AvgIpc) is 3.12. The minimum absolute atomic E-state index is 0.0877. The normalized spacial score (nSPS) is 13.0. The van der Waals surface area contributed by atoms with E-state index in [1.807, 2.05) is 0 Å². The lowest BCUT2D eigenvalue weighted by molar-refractivity contribution is -0.115. The maximum absolute atomic E-state index is 13.2. The van der Waals surface area contributed by atoms with Gasteiger partial charge in [-0.25, -0.2) is 12.8 Å². The summed E-state index contributed by atoms with van der Waals surface area (Å²) in [4.78, 5) is 12.7. The van der Waals surface area contributed by atoms with Gasteiger partial charge in [0.2, 0.25) is 15.9 Å². The van der Waals surface area contributed by atoms with Crippen LogP contribution in [0.15, 0.2) is 46.6 Å². The van der Waals surface area contributed by atoms with Crippen molar-refractivity contribution in [3.05, 3.63) is 47.4 Å². The van der Waals surface area contributed by atoms with Crippen LogP contribution in [0.4, 0.5) is 10.1 Å². The molecule has 0 saturated carbocycles. The number of hydrogen-bond acceptors (Lipinski definition) is 6. The van der Waals surface area contributed by atoms with Crippen LogP contribution in [0, 0.1) is 5.82 Å². The van der Waals surface area contributed by atoms with Crippen molar-refractivity contribution in [2.75, 3.05) is 18.4 Å². The number of sulfonamides is 1. The molecule has 3 aromatic rings. The quantitative estimate of drug-likeness (QED) is 0.489. The van der Waals surface area contributed by atoms with Gasteiger partial charge in [-0.15, -0.1) is 10.2 Å². The summed E-state index contributed by atoms with van der Waals surface area (Å²) in [7, 11) is -3.66. The Kier molecular flexibility index (Phi) is 7.20. The molecule has 0 bridgehead atoms. The number of fused-ring (bicyclic) bond motifs is 1. The summed E-state index contributed by atoms with van der Waals surface area (Å²) in [6, 6.07) is 6.74. The summed E-state index contributed by atoms with van der Waals surface area (Å²) < 4.78 is 41.7. The minimum Gasteiger partial charge on any atom is -0.324 e. The number of halogens is 2. The van der Waals surface area contributed by atoms with Crippen LogP contribution in [0.25, 0.3) is 5.65 Å². The molecule has 2 heterocycles. The van der Waals surface area contributed by atoms with Gasteiger partial charge in [-0.1, -0.05) is 37.2 Å². The lowest BCUT2D eigenvalue weighted by Gasteiger charge is -2.18. The van der Waals surface area contributed by atoms with E-state index in [9.17, 15) is 17.6 Å². The monoisotopic (exact) mass is 485 g/mol. The number of carbonyl (C=O) groups is 1. The van der Waals surface area contributed by atoms with Gasteiger partial charge in [0, 0.05) is 19.3 Å². The van der Waals surface area contributed by atoms with Gasteiger partial charge in [-0.3, -0.25) is 9.20 Å². The van der Waals surface area contributed by atoms with Crippen LogP contribution in [0.3, 0.4) is 0 Å². The van der Waals surface area contributed by atoms with Crippen LogP contribution in [-0.4, -0.2) is 51.6 Å². The molecule has 0 aliphatic carbocycles. The Balaban J connectivity index is 1.83. The van der Waals surface area contributed by atoms with E-state index in [4.69, 9.17) is 11.6 Å². The Labute approximate surface area is 188 Å². The van der Waals surface area contributed by atoms with Gasteiger partial charge in [0.1, 0.15) is 5.82 Å². The molecule has 12 heteroatoms. The molecule has 1 atom stereocenters. The van der Waals surface area contributed by atoms with Crippen molar-refractivity contribution in [3.63, 3.8) is 0 Å². The van der Waals surface area contributed by atoms with E-state index in [1.54, 1.807) is 26.8 Å². The fraction of sp³-hybridized carbons (Fsp3) is 0.316. The fourth-order valence-electron chi connectivity index (χ4n) is 2.83. The summed E-state index contributed by atoms with van der Waals surface area (Å²) in [5, 5.41) is 10.6. The fourth-order valence-corrected chi connectivity index (χ4v) is 5.33. The van der Waals surface area contributed by atoms with Gasteiger partial charge >= 0.3 is 0 Å². The first-order valence-electron chi connectivity index (χ1n) is 9.44. The SMILES string of the molecule is CCN(CC)S(=O)(=O)c1ccc2nnc(S[C@H](C)C(=O)Nc3ccc(F)cc3Cl)n2c1. The third-order valence-electron chi connectivity index (χ3n) is 4.53. The predicted molar refractivity (Wildman–Crippen MR) is 118 cm³/mol. The van der Waals surface area contributed by atoms with E-state index in [-0.39, 0.29) is 15.8 Å². The van der Waals surface area contributed by atoms with E-state index in [0.717, 1.165) is 17.8 Å². The lowest BCUT2D eigenvalue weighted by Crippen LogP contribution is -2.30. The molecule has 0 spiro atoms. The highest BCUT2D eigenvalue weighted by Gasteiger charge is 2.24. The number of aromatic nitrogens is 3. The van der Waals surface area contributed by atoms with E-state index in [2.05, 4.69) is 15.5 Å². The number of rotatable bonds is 8. The molecule has 1 aromatic carbocycles. The predicted octanol–water partition coefficient (Wildman–Crippen LogP) is 3.67. The number of carbonyl (C=O) groups excluding carboxylic acids is 1. The van der Waals surface area contributed by atoms with Crippen LogP contribution >= 0.6 is 23.4 Å². The van der Waals surface area contributed by atoms with Crippen molar-refractivity contribution < 1.29 is 17.6 Å². The molecule has 0 fully saturated rings. The average molecular weight is 486 g/mol. The summed E-state index contributed by atoms with van der Waals surface area (Å²) >= 11 is 7.07. The van der Waals surface area contributed by atoms with Gasteiger partial charge in [0.15, 0.2) is 10.8 Å². The molecule has 0 saturated heterocycles. The number of thioether (sulfide) groups is 1. The maximum atomic E-state index is 13.2. The third kappa shape index (κ3) is 5.00. The molecule has 0 aliphatic rings. The zero-order chi connectivity index (χ0) is 22.8. The van der Waals surface area contributed by atoms with Gasteiger partial charge in [0.05, 0.1) is 20.9 Å². The van der Waals surface area contributed by atoms with Gasteiger partial charge in [-0.05, 0) is 37.3 Å². The van der Waals surface area contributed by atoms with E-state index in [0.29, 0.717) is 29.6 Å². The largest absolute Gasteiger partial charge is 0.324 e. The van der Waals surface area contributed by atoms with E-state index < -0.39 is 21.1 Å². The lowest BCUT2D eigenvalue weighted by atomic mass is 10.3. The zero-order valence-electron chi connectivity index (χ0n) is 17.0. The number of nitrogens with zero attached hydrogens (tertiary/aromatic N) is 4. The maximum Gasteiger partial charge on any atom is 0.244 e. The van der Waals surface area contributed by atoms with Gasteiger partial charge in [0.25, 0.3) is 0 Å². The van der Waals surface area contributed by atoms with E-state index >= 15 is 0 Å². The molecule has 0 unspecified atom stereocenters. The van der Waals surface area contributed by atoms with Crippen molar-refractivity contribution in [2.45, 2.75) is 36.1 Å². The second-order valence-corrected chi connectivity index (χ2v) is 10.2. The number of anilines is 1. The molecular formula is C19H21ClFN5O3S2. The van der Waals surface area contributed by atoms with Crippen molar-refractivity contribution in [3.8, 4) is 0 Å². The smallest absolute Gasteiger partial charge is 0.244 e. The molecule has 2 aromatic heterocycles. The van der Waals surface area contributed by atoms with E-state index in [1.165, 1.54) is 33.1 Å². The third-order valence-corrected chi connectivity index (χ3v) is 7.93. The Morgan fingerprint density at radius 3 is 2.61 bits per heavy atom. The van der Waals surface area contributed by atoms with Crippen LogP contribution in [0.5, 0.6) is 0 Å². The number of amides is 1. The number of benzene rings is 1. The van der Waals surface area contributed by atoms with Gasteiger partial charge in [-0.2, -0.15) is 4.31 Å². The van der Waals surface area contributed by atoms with Crippen molar-refractivity contribution in [1.29, 1.82) is 0 Å². The molecule has 8 nitrogen and oxygen atoms in total. The van der Waals surface area contributed by atoms with Crippen LogP contribution < -0.4 is 5.32 Å². The molecule has 0 aliphatic heterocycles. The summed E-state index contributed by atoms with van der Waals surface area (Å²) in [5.41, 5.74) is 0.745. The summed E-state index contributed by atoms with van der Waals surface area (Å²) in [6.45, 7) is 5.91. The van der Waals surface area contributed by atoms with Gasteiger partial charge < -0.3 is 5.32 Å². The number of hydrogen-bond donors (Lipinski definition) is 1. The molecule has 1 N–H and O–H groups in total. The summed E-state index contributed by atoms with van der Waals surface area (Å²) in [6.07, 6.45) is 1.45. The first-order chi connectivity index (χ1) is 14.7. The first-order valence-corrected chi connectivity index (χ1v) is 12.1. The molecule has 1 amide bonds. The van der Waals surface area contributed by atoms with Crippen LogP contribution in [-0.2, 0) is 14.8 Å². The molecule has 3 rings (SSSR count). The Hall–Kier alpha value is -2.21. The molecule has 31 heavy (non-hydrogen) atoms. The molecular weight excluding hydrogens is 465 g/mol. The number of nitrogens with one attached hydrogen (secondary N) is 1. The topological polar surface area (TPSA) is 96.7 Å². The second kappa shape index (κ2) is 9.51. The highest BCUT2D eigenvalue weighted by atomic mass is 35.5. The standard InChI is InChI=1S/C19H21ClFN5O3S2/c1-4-25(5-2)31(28,29)14-7-9-17-23-24-19(26(17)11-14)30-12(3)18(27)22-16-8-6-13(21)10-15(16)20/h6-12H,4-5H2,1-3H3,(H,22,27)/t12-/m1/s1.